The lowest BCUT2D eigenvalue weighted by Gasteiger charge is -2.29. The molecular formula is C37H26O4. The molecule has 0 amide bonds. The second kappa shape index (κ2) is 9.31. The second-order valence-electron chi connectivity index (χ2n) is 11.1. The van der Waals surface area contributed by atoms with Crippen LogP contribution in [0.2, 0.25) is 0 Å². The SMILES string of the molecule is C=CC1CC(C=C)C(c2ccc3c(c2)C(=O)c2ccccc2C3=O)C1c1ccc2c(c1)C(=O)c1ccccc1C2=O. The van der Waals surface area contributed by atoms with E-state index in [1.807, 2.05) is 36.4 Å². The zero-order chi connectivity index (χ0) is 28.4. The van der Waals surface area contributed by atoms with E-state index in [-0.39, 0.29) is 46.8 Å². The zero-order valence-electron chi connectivity index (χ0n) is 22.3. The standard InChI is InChI=1S/C37H26O4/c1-3-20-17-21(4-2)33(23-14-16-29-31(19-23)37(41)27-12-8-6-10-25(27)35(29)39)32(20)22-13-15-28-30(18-22)36(40)26-11-7-5-9-24(26)34(28)38/h3-16,18-21,32-33H,1-2,17H2. The molecular weight excluding hydrogens is 508 g/mol. The summed E-state index contributed by atoms with van der Waals surface area (Å²) >= 11 is 0. The Hall–Kier alpha value is -4.96. The lowest BCUT2D eigenvalue weighted by Crippen LogP contribution is -2.23. The highest BCUT2D eigenvalue weighted by Gasteiger charge is 2.44. The van der Waals surface area contributed by atoms with Gasteiger partial charge in [-0.3, -0.25) is 19.2 Å². The van der Waals surface area contributed by atoms with Crippen LogP contribution in [0.5, 0.6) is 0 Å². The summed E-state index contributed by atoms with van der Waals surface area (Å²) in [6, 6.07) is 25.1. The summed E-state index contributed by atoms with van der Waals surface area (Å²) in [5.74, 6) is -0.578. The maximum absolute atomic E-state index is 13.5. The highest BCUT2D eigenvalue weighted by Crippen LogP contribution is 2.54. The quantitative estimate of drug-likeness (QED) is 0.226. The first-order chi connectivity index (χ1) is 19.9. The number of rotatable bonds is 4. The minimum atomic E-state index is -0.154. The normalized spacial score (nSPS) is 22.4. The maximum Gasteiger partial charge on any atom is 0.194 e. The van der Waals surface area contributed by atoms with Crippen LogP contribution in [0.25, 0.3) is 0 Å². The third-order valence-electron chi connectivity index (χ3n) is 9.13. The van der Waals surface area contributed by atoms with Gasteiger partial charge in [0.05, 0.1) is 0 Å². The van der Waals surface area contributed by atoms with Crippen LogP contribution < -0.4 is 0 Å². The molecule has 0 heterocycles. The maximum atomic E-state index is 13.5. The molecule has 1 fully saturated rings. The van der Waals surface area contributed by atoms with Gasteiger partial charge in [-0.1, -0.05) is 84.9 Å². The smallest absolute Gasteiger partial charge is 0.194 e. The number of benzene rings is 4. The summed E-state index contributed by atoms with van der Waals surface area (Å²) in [5.41, 5.74) is 5.25. The van der Waals surface area contributed by atoms with Gasteiger partial charge in [0.25, 0.3) is 0 Å². The van der Waals surface area contributed by atoms with Gasteiger partial charge in [-0.25, -0.2) is 0 Å². The summed E-state index contributed by atoms with van der Waals surface area (Å²) in [6.45, 7) is 8.25. The first-order valence-corrected chi connectivity index (χ1v) is 13.8. The van der Waals surface area contributed by atoms with Gasteiger partial charge >= 0.3 is 0 Å². The number of ketones is 4. The van der Waals surface area contributed by atoms with Crippen LogP contribution >= 0.6 is 0 Å². The van der Waals surface area contributed by atoms with Crippen molar-refractivity contribution in [2.45, 2.75) is 18.3 Å². The van der Waals surface area contributed by atoms with E-state index in [2.05, 4.69) is 13.2 Å². The first-order valence-electron chi connectivity index (χ1n) is 13.8. The predicted octanol–water partition coefficient (Wildman–Crippen LogP) is 7.11. The lowest BCUT2D eigenvalue weighted by molar-refractivity contribution is 0.0979. The predicted molar refractivity (Wildman–Crippen MR) is 157 cm³/mol. The van der Waals surface area contributed by atoms with Gasteiger partial charge in [0.15, 0.2) is 23.1 Å². The fraction of sp³-hybridized carbons (Fsp3) is 0.135. The van der Waals surface area contributed by atoms with Gasteiger partial charge in [0.1, 0.15) is 0 Å². The van der Waals surface area contributed by atoms with Crippen molar-refractivity contribution in [3.63, 3.8) is 0 Å². The molecule has 198 valence electrons. The Kier molecular flexibility index (Phi) is 5.69. The molecule has 7 rings (SSSR count). The monoisotopic (exact) mass is 534 g/mol. The molecule has 0 N–H and O–H groups in total. The highest BCUT2D eigenvalue weighted by molar-refractivity contribution is 6.29. The van der Waals surface area contributed by atoms with Crippen molar-refractivity contribution in [3.05, 3.63) is 166 Å². The van der Waals surface area contributed by atoms with Crippen LogP contribution in [0, 0.1) is 11.8 Å². The molecule has 0 radical (unpaired) electrons. The molecule has 4 aromatic rings. The fourth-order valence-electron chi connectivity index (χ4n) is 7.18. The van der Waals surface area contributed by atoms with Crippen molar-refractivity contribution in [1.29, 1.82) is 0 Å². The van der Waals surface area contributed by atoms with E-state index in [1.165, 1.54) is 0 Å². The van der Waals surface area contributed by atoms with E-state index >= 15 is 0 Å². The van der Waals surface area contributed by atoms with Gasteiger partial charge in [-0.15, -0.1) is 13.2 Å². The fourth-order valence-corrected chi connectivity index (χ4v) is 7.18. The van der Waals surface area contributed by atoms with Gasteiger partial charge in [0, 0.05) is 44.5 Å². The van der Waals surface area contributed by atoms with Gasteiger partial charge in [-0.2, -0.15) is 0 Å². The summed E-state index contributed by atoms with van der Waals surface area (Å²) in [5, 5.41) is 0. The van der Waals surface area contributed by atoms with Crippen LogP contribution in [0.15, 0.2) is 110 Å². The van der Waals surface area contributed by atoms with Crippen molar-refractivity contribution in [3.8, 4) is 0 Å². The lowest BCUT2D eigenvalue weighted by atomic mass is 9.74. The summed E-state index contributed by atoms with van der Waals surface area (Å²) in [6.07, 6.45) is 4.71. The average Bonchev–Trinajstić information content (AvgIpc) is 3.41. The van der Waals surface area contributed by atoms with Gasteiger partial charge in [-0.05, 0) is 53.4 Å². The minimum Gasteiger partial charge on any atom is -0.289 e. The van der Waals surface area contributed by atoms with Crippen molar-refractivity contribution >= 4 is 23.1 Å². The van der Waals surface area contributed by atoms with Crippen LogP contribution in [0.1, 0.15) is 93.1 Å². The van der Waals surface area contributed by atoms with Crippen molar-refractivity contribution < 1.29 is 19.2 Å². The van der Waals surface area contributed by atoms with Crippen molar-refractivity contribution in [1.82, 2.24) is 0 Å². The zero-order valence-corrected chi connectivity index (χ0v) is 22.3. The molecule has 4 atom stereocenters. The molecule has 3 aliphatic rings. The second-order valence-corrected chi connectivity index (χ2v) is 11.1. The van der Waals surface area contributed by atoms with Crippen LogP contribution in [-0.4, -0.2) is 23.1 Å². The minimum absolute atomic E-state index is 0.0689. The Labute approximate surface area is 238 Å². The van der Waals surface area contributed by atoms with Crippen LogP contribution in [-0.2, 0) is 0 Å². The summed E-state index contributed by atoms with van der Waals surface area (Å²) in [4.78, 5) is 53.5. The van der Waals surface area contributed by atoms with E-state index in [0.717, 1.165) is 17.5 Å². The molecule has 4 unspecified atom stereocenters. The van der Waals surface area contributed by atoms with E-state index in [0.29, 0.717) is 44.5 Å². The van der Waals surface area contributed by atoms with Crippen LogP contribution in [0.3, 0.4) is 0 Å². The van der Waals surface area contributed by atoms with Crippen molar-refractivity contribution in [2.24, 2.45) is 11.8 Å². The number of hydrogen-bond donors (Lipinski definition) is 0. The first kappa shape index (κ1) is 25.0. The topological polar surface area (TPSA) is 68.3 Å². The summed E-state index contributed by atoms with van der Waals surface area (Å²) in [7, 11) is 0. The molecule has 0 aliphatic heterocycles. The Morgan fingerprint density at radius 3 is 1.12 bits per heavy atom. The molecule has 4 heteroatoms. The van der Waals surface area contributed by atoms with Gasteiger partial charge in [0.2, 0.25) is 0 Å². The third-order valence-corrected chi connectivity index (χ3v) is 9.13. The van der Waals surface area contributed by atoms with E-state index in [4.69, 9.17) is 0 Å². The number of allylic oxidation sites excluding steroid dienone is 2. The molecule has 3 aliphatic carbocycles. The Balaban J connectivity index is 1.34. The Bertz CT molecular complexity index is 1720. The molecule has 41 heavy (non-hydrogen) atoms. The number of fused-ring (bicyclic) bond motifs is 4. The van der Waals surface area contributed by atoms with Gasteiger partial charge < -0.3 is 0 Å². The average molecular weight is 535 g/mol. The molecule has 0 bridgehead atoms. The van der Waals surface area contributed by atoms with E-state index in [1.54, 1.807) is 60.7 Å². The highest BCUT2D eigenvalue weighted by atomic mass is 16.1. The van der Waals surface area contributed by atoms with E-state index < -0.39 is 0 Å². The molecule has 0 aromatic heterocycles. The molecule has 1 saturated carbocycles. The summed E-state index contributed by atoms with van der Waals surface area (Å²) < 4.78 is 0. The Morgan fingerprint density at radius 2 is 0.780 bits per heavy atom. The third kappa shape index (κ3) is 3.60. The van der Waals surface area contributed by atoms with Crippen LogP contribution in [0.4, 0.5) is 0 Å². The molecule has 0 saturated heterocycles. The number of carbonyl (C=O) groups excluding carboxylic acids is 4. The molecule has 4 aromatic carbocycles. The Morgan fingerprint density at radius 1 is 0.463 bits per heavy atom. The number of carbonyl (C=O) groups is 4. The molecule has 4 nitrogen and oxygen atoms in total. The largest absolute Gasteiger partial charge is 0.289 e. The van der Waals surface area contributed by atoms with E-state index in [9.17, 15) is 19.2 Å². The molecule has 0 spiro atoms. The van der Waals surface area contributed by atoms with Crippen molar-refractivity contribution in [2.75, 3.05) is 0 Å². The number of hydrogen-bond acceptors (Lipinski definition) is 4.